The molecular weight excluding hydrogens is 383 g/mol. The summed E-state index contributed by atoms with van der Waals surface area (Å²) in [6.07, 6.45) is 0. The average molecular weight is 404 g/mol. The highest BCUT2D eigenvalue weighted by Gasteiger charge is 2.28. The van der Waals surface area contributed by atoms with Crippen LogP contribution in [0.2, 0.25) is 0 Å². The number of nitrogens with one attached hydrogen (secondary N) is 1. The van der Waals surface area contributed by atoms with E-state index in [1.807, 2.05) is 7.05 Å². The van der Waals surface area contributed by atoms with E-state index in [0.717, 1.165) is 19.2 Å². The monoisotopic (exact) mass is 404 g/mol. The largest absolute Gasteiger partial charge is 0.478 e. The number of carboxylic acid groups (broad SMARTS) is 2. The number of piperazine rings is 1. The van der Waals surface area contributed by atoms with Gasteiger partial charge in [-0.2, -0.15) is 0 Å². The number of hydrogen-bond acceptors (Lipinski definition) is 6. The van der Waals surface area contributed by atoms with Crippen molar-refractivity contribution in [2.24, 2.45) is 0 Å². The fourth-order valence-corrected chi connectivity index (χ4v) is 3.50. The molecule has 0 spiro atoms. The molecule has 0 aliphatic carbocycles. The van der Waals surface area contributed by atoms with E-state index in [4.69, 9.17) is 5.73 Å². The minimum absolute atomic E-state index is 0.151. The molecule has 2 heterocycles. The molecule has 1 aliphatic heterocycles. The third-order valence-electron chi connectivity index (χ3n) is 5.00. The molecule has 154 valence electrons. The van der Waals surface area contributed by atoms with Crippen molar-refractivity contribution >= 4 is 17.8 Å². The van der Waals surface area contributed by atoms with Crippen LogP contribution in [0.15, 0.2) is 23.0 Å². The molecule has 1 aromatic heterocycles. The number of likely N-dealkylation sites (N-methyl/N-ethyl adjacent to an activating group) is 1. The summed E-state index contributed by atoms with van der Waals surface area (Å²) in [7, 11) is 1.99. The van der Waals surface area contributed by atoms with Gasteiger partial charge >= 0.3 is 11.9 Å². The molecular formula is C19H21FN4O5. The fourth-order valence-electron chi connectivity index (χ4n) is 3.50. The Labute approximate surface area is 165 Å². The third-order valence-corrected chi connectivity index (χ3v) is 5.00. The first kappa shape index (κ1) is 20.5. The average Bonchev–Trinajstić information content (AvgIpc) is 2.62. The quantitative estimate of drug-likeness (QED) is 0.576. The van der Waals surface area contributed by atoms with Crippen LogP contribution < -0.4 is 11.3 Å². The number of aromatic nitrogens is 1. The van der Waals surface area contributed by atoms with Crippen molar-refractivity contribution in [2.45, 2.75) is 6.54 Å². The fraction of sp³-hybridized carbons (Fsp3) is 0.316. The Hall–Kier alpha value is -3.24. The first-order chi connectivity index (χ1) is 13.7. The summed E-state index contributed by atoms with van der Waals surface area (Å²) in [6.45, 7) is 3.31. The van der Waals surface area contributed by atoms with Gasteiger partial charge in [0.15, 0.2) is 0 Å². The number of carbonyl (C=O) groups is 2. The molecule has 0 saturated carbocycles. The smallest absolute Gasteiger partial charge is 0.342 e. The Balaban J connectivity index is 2.22. The molecule has 0 atom stereocenters. The van der Waals surface area contributed by atoms with E-state index in [1.54, 1.807) is 0 Å². The third kappa shape index (κ3) is 4.13. The van der Waals surface area contributed by atoms with Gasteiger partial charge in [0.1, 0.15) is 22.8 Å². The van der Waals surface area contributed by atoms with Crippen LogP contribution in [0, 0.1) is 5.82 Å². The van der Waals surface area contributed by atoms with Crippen LogP contribution in [0.25, 0.3) is 11.1 Å². The number of rotatable bonds is 5. The van der Waals surface area contributed by atoms with E-state index in [9.17, 15) is 29.0 Å². The maximum Gasteiger partial charge on any atom is 0.342 e. The van der Waals surface area contributed by atoms with Crippen molar-refractivity contribution in [2.75, 3.05) is 39.0 Å². The Morgan fingerprint density at radius 2 is 1.76 bits per heavy atom. The Morgan fingerprint density at radius 3 is 2.34 bits per heavy atom. The maximum absolute atomic E-state index is 14.0. The second-order valence-electron chi connectivity index (χ2n) is 6.98. The number of nitrogen functional groups attached to an aromatic ring is 1. The summed E-state index contributed by atoms with van der Waals surface area (Å²) in [6, 6.07) is 3.60. The molecule has 3 rings (SSSR count). The van der Waals surface area contributed by atoms with Crippen molar-refractivity contribution in [3.05, 3.63) is 51.1 Å². The van der Waals surface area contributed by atoms with E-state index in [1.165, 1.54) is 12.1 Å². The summed E-state index contributed by atoms with van der Waals surface area (Å²) in [5.41, 5.74) is 3.59. The number of hydrogen-bond donors (Lipinski definition) is 4. The zero-order valence-corrected chi connectivity index (χ0v) is 15.7. The molecule has 1 aromatic carbocycles. The molecule has 1 fully saturated rings. The number of anilines is 1. The highest BCUT2D eigenvalue weighted by atomic mass is 19.1. The van der Waals surface area contributed by atoms with Gasteiger partial charge in [-0.1, -0.05) is 6.07 Å². The van der Waals surface area contributed by atoms with Crippen molar-refractivity contribution in [1.82, 2.24) is 14.8 Å². The molecule has 0 amide bonds. The molecule has 5 N–H and O–H groups in total. The van der Waals surface area contributed by atoms with E-state index in [-0.39, 0.29) is 17.7 Å². The summed E-state index contributed by atoms with van der Waals surface area (Å²) in [5, 5.41) is 19.2. The number of aromatic carboxylic acids is 2. The van der Waals surface area contributed by atoms with Crippen LogP contribution in [-0.2, 0) is 6.54 Å². The van der Waals surface area contributed by atoms with E-state index >= 15 is 0 Å². The molecule has 10 heteroatoms. The number of nitrogens with two attached hydrogens (primary N) is 1. The molecule has 0 unspecified atom stereocenters. The second kappa shape index (κ2) is 8.02. The van der Waals surface area contributed by atoms with Gasteiger partial charge in [0, 0.05) is 38.3 Å². The molecule has 0 bridgehead atoms. The lowest BCUT2D eigenvalue weighted by atomic mass is 9.91. The molecule has 29 heavy (non-hydrogen) atoms. The first-order valence-electron chi connectivity index (χ1n) is 8.91. The van der Waals surface area contributed by atoms with Crippen LogP contribution in [0.3, 0.4) is 0 Å². The number of pyridine rings is 1. The number of H-pyrrole nitrogens is 1. The van der Waals surface area contributed by atoms with Gasteiger partial charge in [-0.3, -0.25) is 9.69 Å². The predicted molar refractivity (Wildman–Crippen MR) is 104 cm³/mol. The number of nitrogens with zero attached hydrogens (tertiary/aromatic N) is 2. The highest BCUT2D eigenvalue weighted by Crippen LogP contribution is 2.33. The zero-order valence-electron chi connectivity index (χ0n) is 15.7. The lowest BCUT2D eigenvalue weighted by Crippen LogP contribution is -2.44. The maximum atomic E-state index is 14.0. The Morgan fingerprint density at radius 1 is 1.14 bits per heavy atom. The van der Waals surface area contributed by atoms with Crippen LogP contribution in [0.1, 0.15) is 26.3 Å². The Bertz CT molecular complexity index is 1030. The van der Waals surface area contributed by atoms with Crippen molar-refractivity contribution in [3.8, 4) is 11.1 Å². The van der Waals surface area contributed by atoms with Crippen LogP contribution in [0.5, 0.6) is 0 Å². The lowest BCUT2D eigenvalue weighted by Gasteiger charge is -2.33. The van der Waals surface area contributed by atoms with Gasteiger partial charge in [0.2, 0.25) is 0 Å². The van der Waals surface area contributed by atoms with Gasteiger partial charge in [-0.15, -0.1) is 0 Å². The summed E-state index contributed by atoms with van der Waals surface area (Å²) in [5.74, 6) is -4.11. The molecule has 1 aliphatic rings. The SMILES string of the molecule is CN1CCN(Cc2cc(F)ccc2-c2c(C(=O)O)c(N)[nH]c(=O)c2C(=O)O)CC1. The number of halogens is 1. The van der Waals surface area contributed by atoms with Crippen molar-refractivity contribution in [3.63, 3.8) is 0 Å². The topological polar surface area (TPSA) is 140 Å². The first-order valence-corrected chi connectivity index (χ1v) is 8.91. The van der Waals surface area contributed by atoms with Gasteiger partial charge in [-0.25, -0.2) is 14.0 Å². The second-order valence-corrected chi connectivity index (χ2v) is 6.98. The van der Waals surface area contributed by atoms with Gasteiger partial charge in [0.25, 0.3) is 5.56 Å². The molecule has 2 aromatic rings. The van der Waals surface area contributed by atoms with E-state index in [2.05, 4.69) is 14.8 Å². The minimum Gasteiger partial charge on any atom is -0.478 e. The predicted octanol–water partition coefficient (Wildman–Crippen LogP) is 0.907. The minimum atomic E-state index is -1.60. The van der Waals surface area contributed by atoms with Gasteiger partial charge in [-0.05, 0) is 30.3 Å². The molecule has 9 nitrogen and oxygen atoms in total. The zero-order chi connectivity index (χ0) is 21.3. The lowest BCUT2D eigenvalue weighted by molar-refractivity contribution is 0.0695. The normalized spacial score (nSPS) is 15.4. The van der Waals surface area contributed by atoms with Crippen LogP contribution in [0.4, 0.5) is 10.2 Å². The molecule has 1 saturated heterocycles. The standard InChI is InChI=1S/C19H21FN4O5/c1-23-4-6-24(7-5-23)9-10-8-11(20)2-3-12(10)13-14(18(26)27)16(21)22-17(25)15(13)19(28)29/h2-3,8H,4-7,9H2,1H3,(H,26,27)(H,28,29)(H3,21,22,25). The van der Waals surface area contributed by atoms with E-state index in [0.29, 0.717) is 18.7 Å². The summed E-state index contributed by atoms with van der Waals surface area (Å²) < 4.78 is 14.0. The van der Waals surface area contributed by atoms with Crippen molar-refractivity contribution in [1.29, 1.82) is 0 Å². The highest BCUT2D eigenvalue weighted by molar-refractivity contribution is 6.07. The Kier molecular flexibility index (Phi) is 5.66. The van der Waals surface area contributed by atoms with Gasteiger partial charge < -0.3 is 25.8 Å². The number of carboxylic acids is 2. The summed E-state index contributed by atoms with van der Waals surface area (Å²) in [4.78, 5) is 42.1. The van der Waals surface area contributed by atoms with Gasteiger partial charge in [0.05, 0.1) is 0 Å². The molecule has 0 radical (unpaired) electrons. The number of aromatic amines is 1. The van der Waals surface area contributed by atoms with Crippen LogP contribution >= 0.6 is 0 Å². The van der Waals surface area contributed by atoms with E-state index < -0.39 is 40.3 Å². The summed E-state index contributed by atoms with van der Waals surface area (Å²) >= 11 is 0. The van der Waals surface area contributed by atoms with Crippen LogP contribution in [-0.4, -0.2) is 70.2 Å². The van der Waals surface area contributed by atoms with Crippen molar-refractivity contribution < 1.29 is 24.2 Å². The number of benzene rings is 1.